The van der Waals surface area contributed by atoms with Gasteiger partial charge in [-0.25, -0.2) is 0 Å². The van der Waals surface area contributed by atoms with Crippen molar-refractivity contribution in [2.75, 3.05) is 13.2 Å². The zero-order chi connectivity index (χ0) is 29.4. The fraction of sp³-hybridized carbons (Fsp3) is 0.516. The standard InChI is InChI=1S/C31H39Cl2NO5Si/c1-29(2,3)40(8,9)37-16-25-24(38-31(6,7)39-25)15-36-17-10-11-18-20(12-17)30(4,5)28-26(27(18)35)19-13-21(32)22(33)14-23(19)34-28/h10-14,24-25,34H,15-16H2,1-9H3/t24?,25-/m0/s1. The number of hydrogen-bond donors (Lipinski definition) is 1. The van der Waals surface area contributed by atoms with Crippen molar-refractivity contribution in [2.24, 2.45) is 0 Å². The van der Waals surface area contributed by atoms with Crippen molar-refractivity contribution < 1.29 is 23.4 Å². The number of aromatic nitrogens is 1. The van der Waals surface area contributed by atoms with E-state index in [1.807, 2.05) is 32.0 Å². The van der Waals surface area contributed by atoms with Gasteiger partial charge in [-0.05, 0) is 67.9 Å². The van der Waals surface area contributed by atoms with Gasteiger partial charge in [0, 0.05) is 27.6 Å². The average Bonchev–Trinajstić information content (AvgIpc) is 3.36. The molecule has 0 saturated carbocycles. The molecule has 2 aliphatic rings. The summed E-state index contributed by atoms with van der Waals surface area (Å²) < 4.78 is 25.2. The Labute approximate surface area is 247 Å². The minimum Gasteiger partial charge on any atom is -0.491 e. The smallest absolute Gasteiger partial charge is 0.195 e. The number of aromatic amines is 1. The van der Waals surface area contributed by atoms with Crippen LogP contribution >= 0.6 is 23.2 Å². The van der Waals surface area contributed by atoms with Gasteiger partial charge in [-0.15, -0.1) is 0 Å². The zero-order valence-corrected chi connectivity index (χ0v) is 27.3. The number of carbonyl (C=O) groups is 1. The SMILES string of the molecule is CC1(C)OC(COc2ccc3c(c2)C(C)(C)c2[nH]c4cc(Cl)c(Cl)cc4c2C3=O)[C@H](CO[Si](C)(C)C(C)(C)C)O1. The molecule has 0 spiro atoms. The number of benzene rings is 2. The van der Waals surface area contributed by atoms with Crippen LogP contribution in [0.25, 0.3) is 10.9 Å². The lowest BCUT2D eigenvalue weighted by molar-refractivity contribution is -0.150. The van der Waals surface area contributed by atoms with Gasteiger partial charge in [0.1, 0.15) is 24.6 Å². The minimum atomic E-state index is -1.95. The molecule has 9 heteroatoms. The molecule has 1 aliphatic carbocycles. The molecular weight excluding hydrogens is 565 g/mol. The predicted octanol–water partition coefficient (Wildman–Crippen LogP) is 8.27. The van der Waals surface area contributed by atoms with Crippen LogP contribution < -0.4 is 4.74 Å². The van der Waals surface area contributed by atoms with Crippen LogP contribution in [-0.4, -0.2) is 50.3 Å². The second kappa shape index (κ2) is 9.85. The average molecular weight is 605 g/mol. The first-order valence-electron chi connectivity index (χ1n) is 13.7. The van der Waals surface area contributed by atoms with E-state index in [4.69, 9.17) is 41.8 Å². The molecule has 1 unspecified atom stereocenters. The largest absolute Gasteiger partial charge is 0.491 e. The molecule has 216 valence electrons. The molecule has 1 aliphatic heterocycles. The summed E-state index contributed by atoms with van der Waals surface area (Å²) in [6.07, 6.45) is -0.535. The van der Waals surface area contributed by atoms with E-state index < -0.39 is 19.5 Å². The Kier molecular flexibility index (Phi) is 7.29. The molecule has 0 radical (unpaired) electrons. The highest BCUT2D eigenvalue weighted by Crippen LogP contribution is 2.46. The van der Waals surface area contributed by atoms with E-state index in [0.717, 1.165) is 22.2 Å². The van der Waals surface area contributed by atoms with Crippen LogP contribution in [0.3, 0.4) is 0 Å². The molecule has 2 atom stereocenters. The van der Waals surface area contributed by atoms with E-state index in [9.17, 15) is 4.79 Å². The fourth-order valence-electron chi connectivity index (χ4n) is 5.37. The number of ether oxygens (including phenoxy) is 3. The van der Waals surface area contributed by atoms with Crippen molar-refractivity contribution in [3.05, 3.63) is 62.8 Å². The molecule has 2 heterocycles. The van der Waals surface area contributed by atoms with Crippen molar-refractivity contribution >= 4 is 48.2 Å². The topological polar surface area (TPSA) is 69.8 Å². The highest BCUT2D eigenvalue weighted by Gasteiger charge is 2.45. The predicted molar refractivity (Wildman–Crippen MR) is 163 cm³/mol. The van der Waals surface area contributed by atoms with Crippen molar-refractivity contribution in [1.29, 1.82) is 0 Å². The van der Waals surface area contributed by atoms with Gasteiger partial charge in [0.15, 0.2) is 19.9 Å². The maximum atomic E-state index is 13.7. The van der Waals surface area contributed by atoms with E-state index in [0.29, 0.717) is 40.1 Å². The van der Waals surface area contributed by atoms with E-state index >= 15 is 0 Å². The number of fused-ring (bicyclic) bond motifs is 4. The van der Waals surface area contributed by atoms with Crippen LogP contribution in [0.4, 0.5) is 0 Å². The number of hydrogen-bond acceptors (Lipinski definition) is 5. The van der Waals surface area contributed by atoms with Crippen LogP contribution in [0.5, 0.6) is 5.75 Å². The second-order valence-electron chi connectivity index (χ2n) is 13.4. The number of ketones is 1. The summed E-state index contributed by atoms with van der Waals surface area (Å²) in [5.41, 5.74) is 3.34. The number of H-pyrrole nitrogens is 1. The van der Waals surface area contributed by atoms with E-state index in [1.54, 1.807) is 12.1 Å². The van der Waals surface area contributed by atoms with Gasteiger partial charge in [-0.1, -0.05) is 57.8 Å². The molecule has 40 heavy (non-hydrogen) atoms. The summed E-state index contributed by atoms with van der Waals surface area (Å²) in [5, 5.41) is 1.75. The lowest BCUT2D eigenvalue weighted by Gasteiger charge is -2.37. The Morgan fingerprint density at radius 2 is 1.60 bits per heavy atom. The number of carbonyl (C=O) groups excluding carboxylic acids is 1. The second-order valence-corrected chi connectivity index (χ2v) is 19.1. The summed E-state index contributed by atoms with van der Waals surface area (Å²) in [6.45, 7) is 19.9. The molecule has 0 amide bonds. The van der Waals surface area contributed by atoms with E-state index in [-0.39, 0.29) is 23.0 Å². The summed E-state index contributed by atoms with van der Waals surface area (Å²) in [6, 6.07) is 9.20. The molecule has 1 saturated heterocycles. The van der Waals surface area contributed by atoms with Crippen LogP contribution in [0.1, 0.15) is 75.6 Å². The minimum absolute atomic E-state index is 0.0439. The first-order chi connectivity index (χ1) is 18.4. The molecule has 1 N–H and O–H groups in total. The number of halogens is 2. The first kappa shape index (κ1) is 29.6. The lowest BCUT2D eigenvalue weighted by Crippen LogP contribution is -2.44. The summed E-state index contributed by atoms with van der Waals surface area (Å²) in [5.74, 6) is -0.0994. The van der Waals surface area contributed by atoms with Gasteiger partial charge in [0.25, 0.3) is 0 Å². The highest BCUT2D eigenvalue weighted by atomic mass is 35.5. The normalized spacial score (nSPS) is 21.9. The van der Waals surface area contributed by atoms with Gasteiger partial charge in [-0.2, -0.15) is 0 Å². The van der Waals surface area contributed by atoms with Gasteiger partial charge in [-0.3, -0.25) is 4.79 Å². The van der Waals surface area contributed by atoms with Crippen LogP contribution in [0.2, 0.25) is 28.2 Å². The van der Waals surface area contributed by atoms with Gasteiger partial charge in [0.2, 0.25) is 0 Å². The summed E-state index contributed by atoms with van der Waals surface area (Å²) >= 11 is 12.6. The number of rotatable bonds is 6. The van der Waals surface area contributed by atoms with E-state index in [1.165, 1.54) is 0 Å². The Morgan fingerprint density at radius 1 is 0.975 bits per heavy atom. The third kappa shape index (κ3) is 5.14. The molecule has 0 bridgehead atoms. The van der Waals surface area contributed by atoms with Crippen molar-refractivity contribution in [3.8, 4) is 5.75 Å². The molecule has 2 aromatic carbocycles. The quantitative estimate of drug-likeness (QED) is 0.287. The molecule has 1 aromatic heterocycles. The van der Waals surface area contributed by atoms with Crippen LogP contribution in [-0.2, 0) is 19.3 Å². The third-order valence-electron chi connectivity index (χ3n) is 8.71. The monoisotopic (exact) mass is 603 g/mol. The van der Waals surface area contributed by atoms with Crippen molar-refractivity contribution in [3.63, 3.8) is 0 Å². The number of nitrogens with one attached hydrogen (secondary N) is 1. The molecule has 3 aromatic rings. The Bertz CT molecular complexity index is 1490. The molecule has 6 nitrogen and oxygen atoms in total. The molecule has 1 fully saturated rings. The van der Waals surface area contributed by atoms with Crippen molar-refractivity contribution in [2.45, 2.75) is 90.0 Å². The first-order valence-corrected chi connectivity index (χ1v) is 17.4. The van der Waals surface area contributed by atoms with Crippen LogP contribution in [0.15, 0.2) is 30.3 Å². The van der Waals surface area contributed by atoms with Crippen molar-refractivity contribution in [1.82, 2.24) is 4.98 Å². The van der Waals surface area contributed by atoms with Gasteiger partial charge < -0.3 is 23.6 Å². The van der Waals surface area contributed by atoms with Gasteiger partial charge in [0.05, 0.1) is 22.2 Å². The fourth-order valence-corrected chi connectivity index (χ4v) is 6.71. The Balaban J connectivity index is 1.38. The summed E-state index contributed by atoms with van der Waals surface area (Å²) in [4.78, 5) is 17.1. The third-order valence-corrected chi connectivity index (χ3v) is 13.9. The maximum absolute atomic E-state index is 13.7. The summed E-state index contributed by atoms with van der Waals surface area (Å²) in [7, 11) is -1.95. The van der Waals surface area contributed by atoms with Gasteiger partial charge >= 0.3 is 0 Å². The Hall–Kier alpha value is -1.87. The molecule has 5 rings (SSSR count). The zero-order valence-electron chi connectivity index (χ0n) is 24.8. The maximum Gasteiger partial charge on any atom is 0.195 e. The van der Waals surface area contributed by atoms with Crippen LogP contribution in [0, 0.1) is 0 Å². The lowest BCUT2D eigenvalue weighted by atomic mass is 9.71. The highest BCUT2D eigenvalue weighted by molar-refractivity contribution is 6.74. The molecular formula is C31H39Cl2NO5Si. The van der Waals surface area contributed by atoms with E-state index in [2.05, 4.69) is 52.7 Å². The Morgan fingerprint density at radius 3 is 2.25 bits per heavy atom.